The van der Waals surface area contributed by atoms with E-state index < -0.39 is 12.4 Å². The number of nitrogens with zero attached hydrogens (tertiary/aromatic N) is 1. The van der Waals surface area contributed by atoms with Crippen molar-refractivity contribution in [3.8, 4) is 0 Å². The third kappa shape index (κ3) is 4.96. The van der Waals surface area contributed by atoms with Gasteiger partial charge in [0.05, 0.1) is 13.2 Å². The van der Waals surface area contributed by atoms with Gasteiger partial charge in [0.1, 0.15) is 0 Å². The Labute approximate surface area is 147 Å². The molecule has 0 saturated carbocycles. The van der Waals surface area contributed by atoms with Crippen LogP contribution in [-0.2, 0) is 11.3 Å². The van der Waals surface area contributed by atoms with E-state index in [2.05, 4.69) is 4.90 Å². The van der Waals surface area contributed by atoms with E-state index in [1.807, 2.05) is 0 Å². The smallest absolute Gasteiger partial charge is 0.445 e. The summed E-state index contributed by atoms with van der Waals surface area (Å²) in [7, 11) is 0. The average molecular weight is 283 g/mol. The molecule has 1 saturated heterocycles. The molecule has 2 nitrogen and oxygen atoms in total. The van der Waals surface area contributed by atoms with Crippen molar-refractivity contribution in [2.24, 2.45) is 0 Å². The standard InChI is InChI=1S/C11H14BF3NO.K/c13-12(14,15)11-3-1-2-10(8-11)9-16-4-6-17-7-5-16;/h1-3,8H,4-7,9H2;/q-1;+1. The van der Waals surface area contributed by atoms with E-state index in [0.29, 0.717) is 25.3 Å². The molecule has 1 aliphatic rings. The molecule has 7 heteroatoms. The number of rotatable bonds is 3. The number of ether oxygens (including phenoxy) is 1. The molecule has 0 aliphatic carbocycles. The van der Waals surface area contributed by atoms with Crippen molar-refractivity contribution in [2.75, 3.05) is 26.3 Å². The molecule has 0 unspecified atom stereocenters. The van der Waals surface area contributed by atoms with Crippen LogP contribution in [0.25, 0.3) is 0 Å². The van der Waals surface area contributed by atoms with Gasteiger partial charge in [0.2, 0.25) is 0 Å². The first-order chi connectivity index (χ1) is 8.05. The van der Waals surface area contributed by atoms with Gasteiger partial charge in [0.25, 0.3) is 0 Å². The zero-order valence-corrected chi connectivity index (χ0v) is 13.5. The van der Waals surface area contributed by atoms with Gasteiger partial charge in [-0.2, -0.15) is 0 Å². The summed E-state index contributed by atoms with van der Waals surface area (Å²) in [6.07, 6.45) is 0. The normalized spacial score (nSPS) is 17.3. The fourth-order valence-corrected chi connectivity index (χ4v) is 1.91. The number of morpholine rings is 1. The first-order valence-corrected chi connectivity index (χ1v) is 5.64. The average Bonchev–Trinajstić information content (AvgIpc) is 2.29. The Morgan fingerprint density at radius 1 is 1.17 bits per heavy atom. The molecule has 0 spiro atoms. The second kappa shape index (κ2) is 7.42. The fraction of sp³-hybridized carbons (Fsp3) is 0.455. The van der Waals surface area contributed by atoms with Gasteiger partial charge in [-0.1, -0.05) is 24.3 Å². The Morgan fingerprint density at radius 3 is 2.44 bits per heavy atom. The van der Waals surface area contributed by atoms with Crippen LogP contribution in [0, 0.1) is 0 Å². The summed E-state index contributed by atoms with van der Waals surface area (Å²) in [4.78, 5) is 2.10. The third-order valence-corrected chi connectivity index (χ3v) is 2.84. The summed E-state index contributed by atoms with van der Waals surface area (Å²) >= 11 is 0. The molecule has 0 radical (unpaired) electrons. The van der Waals surface area contributed by atoms with Gasteiger partial charge in [0.15, 0.2) is 0 Å². The molecular formula is C11H14BF3KNO. The van der Waals surface area contributed by atoms with Gasteiger partial charge in [-0.25, -0.2) is 0 Å². The van der Waals surface area contributed by atoms with Crippen LogP contribution in [0.1, 0.15) is 5.56 Å². The Hall–Kier alpha value is 0.631. The van der Waals surface area contributed by atoms with Crippen molar-refractivity contribution < 1.29 is 69.1 Å². The quantitative estimate of drug-likeness (QED) is 0.631. The SMILES string of the molecule is F[B-](F)(F)c1cccc(CN2CCOCC2)c1.[K+]. The van der Waals surface area contributed by atoms with Crippen LogP contribution in [0.4, 0.5) is 12.9 Å². The zero-order chi connectivity index (χ0) is 12.3. The number of halogens is 3. The van der Waals surface area contributed by atoms with Gasteiger partial charge in [-0.3, -0.25) is 4.90 Å². The van der Waals surface area contributed by atoms with Crippen LogP contribution in [0.15, 0.2) is 24.3 Å². The van der Waals surface area contributed by atoms with Crippen LogP contribution >= 0.6 is 0 Å². The monoisotopic (exact) mass is 283 g/mol. The van der Waals surface area contributed by atoms with Gasteiger partial charge < -0.3 is 17.7 Å². The molecule has 1 aromatic rings. The molecule has 1 aliphatic heterocycles. The maximum Gasteiger partial charge on any atom is 1.00 e. The Bertz CT molecular complexity index is 383. The first-order valence-electron chi connectivity index (χ1n) is 5.64. The van der Waals surface area contributed by atoms with E-state index in [1.54, 1.807) is 6.07 Å². The first kappa shape index (κ1) is 16.7. The molecule has 1 aromatic carbocycles. The molecule has 18 heavy (non-hydrogen) atoms. The Kier molecular flexibility index (Phi) is 6.88. The molecule has 0 atom stereocenters. The number of hydrogen-bond donors (Lipinski definition) is 0. The second-order valence-electron chi connectivity index (χ2n) is 4.21. The van der Waals surface area contributed by atoms with Crippen LogP contribution in [0.2, 0.25) is 0 Å². The fourth-order valence-electron chi connectivity index (χ4n) is 1.91. The van der Waals surface area contributed by atoms with E-state index in [-0.39, 0.29) is 51.4 Å². The molecule has 2 rings (SSSR count). The summed E-state index contributed by atoms with van der Waals surface area (Å²) in [5.41, 5.74) is 0.194. The maximum atomic E-state index is 12.6. The minimum atomic E-state index is -4.90. The third-order valence-electron chi connectivity index (χ3n) is 2.84. The molecule has 94 valence electrons. The van der Waals surface area contributed by atoms with Gasteiger partial charge in [-0.05, 0) is 5.56 Å². The minimum Gasteiger partial charge on any atom is -0.445 e. The van der Waals surface area contributed by atoms with E-state index >= 15 is 0 Å². The molecule has 1 fully saturated rings. The van der Waals surface area contributed by atoms with Gasteiger partial charge in [0, 0.05) is 19.6 Å². The number of benzene rings is 1. The topological polar surface area (TPSA) is 12.5 Å². The second-order valence-corrected chi connectivity index (χ2v) is 4.21. The van der Waals surface area contributed by atoms with E-state index in [9.17, 15) is 12.9 Å². The van der Waals surface area contributed by atoms with Crippen LogP contribution in [0.5, 0.6) is 0 Å². The van der Waals surface area contributed by atoms with E-state index in [4.69, 9.17) is 4.74 Å². The molecule has 1 heterocycles. The van der Waals surface area contributed by atoms with Crippen molar-refractivity contribution in [3.05, 3.63) is 29.8 Å². The summed E-state index contributed by atoms with van der Waals surface area (Å²) in [5.74, 6) is 0. The van der Waals surface area contributed by atoms with E-state index in [0.717, 1.165) is 19.2 Å². The molecule has 0 N–H and O–H groups in total. The van der Waals surface area contributed by atoms with Crippen molar-refractivity contribution in [2.45, 2.75) is 6.54 Å². The molecule has 0 amide bonds. The largest absolute Gasteiger partial charge is 1.00 e. The predicted molar refractivity (Wildman–Crippen MR) is 61.3 cm³/mol. The summed E-state index contributed by atoms with van der Waals surface area (Å²) in [5, 5.41) is 0. The summed E-state index contributed by atoms with van der Waals surface area (Å²) in [6, 6.07) is 5.58. The van der Waals surface area contributed by atoms with Crippen LogP contribution in [-0.4, -0.2) is 38.2 Å². The van der Waals surface area contributed by atoms with Crippen molar-refractivity contribution in [1.82, 2.24) is 4.90 Å². The maximum absolute atomic E-state index is 12.6. The van der Waals surface area contributed by atoms with E-state index in [1.165, 1.54) is 12.1 Å². The van der Waals surface area contributed by atoms with Crippen molar-refractivity contribution >= 4 is 12.4 Å². The number of hydrogen-bond acceptors (Lipinski definition) is 2. The van der Waals surface area contributed by atoms with Crippen molar-refractivity contribution in [1.29, 1.82) is 0 Å². The minimum absolute atomic E-state index is 0. The zero-order valence-electron chi connectivity index (χ0n) is 10.4. The summed E-state index contributed by atoms with van der Waals surface area (Å²) < 4.78 is 42.9. The van der Waals surface area contributed by atoms with Crippen LogP contribution in [0.3, 0.4) is 0 Å². The van der Waals surface area contributed by atoms with Crippen LogP contribution < -0.4 is 56.8 Å². The molecular weight excluding hydrogens is 269 g/mol. The van der Waals surface area contributed by atoms with Crippen molar-refractivity contribution in [3.63, 3.8) is 0 Å². The summed E-state index contributed by atoms with van der Waals surface area (Å²) in [6.45, 7) is -1.47. The van der Waals surface area contributed by atoms with Gasteiger partial charge in [-0.15, -0.1) is 5.46 Å². The molecule has 0 aromatic heterocycles. The predicted octanol–water partition coefficient (Wildman–Crippen LogP) is -1.42. The molecule has 0 bridgehead atoms. The Morgan fingerprint density at radius 2 is 1.83 bits per heavy atom. The Balaban J connectivity index is 0.00000162. The van der Waals surface area contributed by atoms with Gasteiger partial charge >= 0.3 is 58.4 Å².